The second-order valence-corrected chi connectivity index (χ2v) is 13.0. The Morgan fingerprint density at radius 2 is 1.69 bits per heavy atom. The molecular formula is C34H53ClO10. The third-order valence-electron chi connectivity index (χ3n) is 7.95. The first-order chi connectivity index (χ1) is 20.9. The van der Waals surface area contributed by atoms with Crippen molar-refractivity contribution in [3.05, 3.63) is 36.0 Å². The quantitative estimate of drug-likeness (QED) is 0.0925. The maximum Gasteiger partial charge on any atom is 0.309 e. The minimum atomic E-state index is -1.45. The van der Waals surface area contributed by atoms with Crippen LogP contribution in [0.5, 0.6) is 0 Å². The zero-order chi connectivity index (χ0) is 34.5. The average molecular weight is 657 g/mol. The number of aliphatic hydroxyl groups excluding tert-OH is 1. The summed E-state index contributed by atoms with van der Waals surface area (Å²) >= 11 is 6.78. The third-order valence-corrected chi connectivity index (χ3v) is 8.63. The Balaban J connectivity index is 3.19. The SMILES string of the molecule is CCC(OC(C)=O)C(C)C(Cl)C(CC(C)C=CC=C(C)C1OC(=O)CC(O)CCC(C)(O)C(OC(C)=O)C=CC1C)OC(C)=O. The van der Waals surface area contributed by atoms with Crippen molar-refractivity contribution >= 4 is 35.5 Å². The van der Waals surface area contributed by atoms with Crippen molar-refractivity contribution in [1.82, 2.24) is 0 Å². The van der Waals surface area contributed by atoms with E-state index in [1.54, 1.807) is 12.2 Å². The molecule has 1 heterocycles. The van der Waals surface area contributed by atoms with Gasteiger partial charge in [0.15, 0.2) is 0 Å². The molecule has 0 aromatic heterocycles. The van der Waals surface area contributed by atoms with Gasteiger partial charge < -0.3 is 29.2 Å². The lowest BCUT2D eigenvalue weighted by atomic mass is 9.88. The topological polar surface area (TPSA) is 146 Å². The average Bonchev–Trinajstić information content (AvgIpc) is 2.93. The number of allylic oxidation sites excluding steroid dienone is 3. The molecule has 0 aliphatic carbocycles. The maximum atomic E-state index is 12.7. The molecule has 1 aliphatic heterocycles. The molecule has 0 saturated heterocycles. The summed E-state index contributed by atoms with van der Waals surface area (Å²) in [5.74, 6) is -2.68. The van der Waals surface area contributed by atoms with Crippen LogP contribution in [0.25, 0.3) is 0 Å². The van der Waals surface area contributed by atoms with E-state index in [0.717, 1.165) is 5.57 Å². The number of ether oxygens (including phenoxy) is 4. The number of cyclic esters (lactones) is 1. The van der Waals surface area contributed by atoms with E-state index < -0.39 is 65.4 Å². The fourth-order valence-corrected chi connectivity index (χ4v) is 5.66. The van der Waals surface area contributed by atoms with E-state index in [4.69, 9.17) is 30.5 Å². The summed E-state index contributed by atoms with van der Waals surface area (Å²) in [6, 6.07) is 0. The molecule has 45 heavy (non-hydrogen) atoms. The largest absolute Gasteiger partial charge is 0.462 e. The summed E-state index contributed by atoms with van der Waals surface area (Å²) in [6.07, 6.45) is 6.14. The van der Waals surface area contributed by atoms with Gasteiger partial charge in [0, 0.05) is 32.6 Å². The van der Waals surface area contributed by atoms with E-state index in [9.17, 15) is 29.4 Å². The van der Waals surface area contributed by atoms with Crippen molar-refractivity contribution < 1.29 is 48.3 Å². The number of halogens is 1. The lowest BCUT2D eigenvalue weighted by Gasteiger charge is -2.32. The van der Waals surface area contributed by atoms with Gasteiger partial charge in [-0.05, 0) is 57.1 Å². The highest BCUT2D eigenvalue weighted by Crippen LogP contribution is 2.29. The minimum absolute atomic E-state index is 0.0707. The molecule has 2 N–H and O–H groups in total. The number of rotatable bonds is 12. The van der Waals surface area contributed by atoms with Crippen LogP contribution in [0.1, 0.15) is 94.4 Å². The fraction of sp³-hybridized carbons (Fsp3) is 0.706. The van der Waals surface area contributed by atoms with Gasteiger partial charge in [-0.15, -0.1) is 11.6 Å². The highest BCUT2D eigenvalue weighted by Gasteiger charge is 2.36. The minimum Gasteiger partial charge on any atom is -0.462 e. The maximum absolute atomic E-state index is 12.7. The molecule has 1 rings (SSSR count). The van der Waals surface area contributed by atoms with Crippen LogP contribution in [-0.4, -0.2) is 75.6 Å². The smallest absolute Gasteiger partial charge is 0.309 e. The first kappa shape index (κ1) is 40.3. The van der Waals surface area contributed by atoms with Crippen molar-refractivity contribution in [3.63, 3.8) is 0 Å². The number of aliphatic hydroxyl groups is 2. The van der Waals surface area contributed by atoms with Gasteiger partial charge in [0.05, 0.1) is 17.9 Å². The zero-order valence-corrected chi connectivity index (χ0v) is 28.9. The standard InChI is InChI=1S/C34H53ClO10/c1-10-28(42-24(6)36)23(5)32(35)29(43-25(7)37)18-20(2)12-11-13-21(3)33-22(4)14-15-30(44-26(8)38)34(9,41)17-16-27(39)19-31(40)45-33/h11-15,20,22-23,27-30,32-33,39,41H,10,16-19H2,1-9H3. The lowest BCUT2D eigenvalue weighted by molar-refractivity contribution is -0.157. The lowest BCUT2D eigenvalue weighted by Crippen LogP contribution is -2.42. The molecule has 0 aromatic carbocycles. The van der Waals surface area contributed by atoms with Gasteiger partial charge in [-0.2, -0.15) is 0 Å². The van der Waals surface area contributed by atoms with E-state index in [-0.39, 0.29) is 37.0 Å². The Hall–Kier alpha value is -2.69. The predicted octanol–water partition coefficient (Wildman–Crippen LogP) is 5.36. The fourth-order valence-electron chi connectivity index (χ4n) is 5.34. The molecule has 10 nitrogen and oxygen atoms in total. The summed E-state index contributed by atoms with van der Waals surface area (Å²) in [4.78, 5) is 47.9. The summed E-state index contributed by atoms with van der Waals surface area (Å²) < 4.78 is 22.2. The van der Waals surface area contributed by atoms with E-state index in [1.807, 2.05) is 52.8 Å². The molecule has 0 spiro atoms. The predicted molar refractivity (Wildman–Crippen MR) is 171 cm³/mol. The number of carbonyl (C=O) groups excluding carboxylic acids is 4. The van der Waals surface area contributed by atoms with Gasteiger partial charge in [0.25, 0.3) is 0 Å². The van der Waals surface area contributed by atoms with Crippen molar-refractivity contribution in [2.24, 2.45) is 17.8 Å². The molecule has 0 aromatic rings. The molecule has 10 atom stereocenters. The number of carbonyl (C=O) groups is 4. The summed E-state index contributed by atoms with van der Waals surface area (Å²) in [5.41, 5.74) is -0.730. The van der Waals surface area contributed by atoms with Crippen LogP contribution in [0.15, 0.2) is 36.0 Å². The van der Waals surface area contributed by atoms with Gasteiger partial charge in [-0.3, -0.25) is 19.2 Å². The van der Waals surface area contributed by atoms with Gasteiger partial charge in [-0.1, -0.05) is 52.0 Å². The first-order valence-corrected chi connectivity index (χ1v) is 16.1. The Bertz CT molecular complexity index is 1080. The van der Waals surface area contributed by atoms with Crippen LogP contribution in [0, 0.1) is 17.8 Å². The number of alkyl halides is 1. The van der Waals surface area contributed by atoms with E-state index >= 15 is 0 Å². The zero-order valence-electron chi connectivity index (χ0n) is 28.2. The van der Waals surface area contributed by atoms with Crippen LogP contribution in [0.3, 0.4) is 0 Å². The van der Waals surface area contributed by atoms with E-state index in [0.29, 0.717) is 12.8 Å². The molecule has 10 unspecified atom stereocenters. The number of esters is 4. The van der Waals surface area contributed by atoms with Crippen molar-refractivity contribution in [1.29, 1.82) is 0 Å². The Labute approximate surface area is 273 Å². The monoisotopic (exact) mass is 656 g/mol. The number of hydrogen-bond acceptors (Lipinski definition) is 10. The third kappa shape index (κ3) is 14.5. The van der Waals surface area contributed by atoms with Gasteiger partial charge in [0.1, 0.15) is 30.0 Å². The highest BCUT2D eigenvalue weighted by atomic mass is 35.5. The Morgan fingerprint density at radius 3 is 2.24 bits per heavy atom. The van der Waals surface area contributed by atoms with Crippen LogP contribution >= 0.6 is 11.6 Å². The van der Waals surface area contributed by atoms with Crippen LogP contribution in [-0.2, 0) is 38.1 Å². The molecule has 0 bridgehead atoms. The van der Waals surface area contributed by atoms with Gasteiger partial charge >= 0.3 is 23.9 Å². The van der Waals surface area contributed by atoms with Crippen LogP contribution in [0.2, 0.25) is 0 Å². The van der Waals surface area contributed by atoms with E-state index in [2.05, 4.69) is 0 Å². The van der Waals surface area contributed by atoms with Crippen molar-refractivity contribution in [3.8, 4) is 0 Å². The normalized spacial score (nSPS) is 28.4. The number of hydrogen-bond donors (Lipinski definition) is 2. The van der Waals surface area contributed by atoms with Gasteiger partial charge in [-0.25, -0.2) is 0 Å². The second kappa shape index (κ2) is 19.1. The highest BCUT2D eigenvalue weighted by molar-refractivity contribution is 6.21. The van der Waals surface area contributed by atoms with Crippen LogP contribution < -0.4 is 0 Å². The molecule has 11 heteroatoms. The Morgan fingerprint density at radius 1 is 1.09 bits per heavy atom. The summed E-state index contributed by atoms with van der Waals surface area (Å²) in [7, 11) is 0. The molecule has 1 aliphatic rings. The van der Waals surface area contributed by atoms with Gasteiger partial charge in [0.2, 0.25) is 0 Å². The van der Waals surface area contributed by atoms with Crippen molar-refractivity contribution in [2.75, 3.05) is 0 Å². The molecule has 256 valence electrons. The molecular weight excluding hydrogens is 604 g/mol. The van der Waals surface area contributed by atoms with E-state index in [1.165, 1.54) is 27.7 Å². The summed E-state index contributed by atoms with van der Waals surface area (Å²) in [5, 5.41) is 20.8. The Kier molecular flexibility index (Phi) is 17.1. The van der Waals surface area contributed by atoms with Crippen molar-refractivity contribution in [2.45, 2.75) is 136 Å². The molecule has 0 amide bonds. The summed E-state index contributed by atoms with van der Waals surface area (Å²) in [6.45, 7) is 14.8. The molecule has 0 saturated carbocycles. The molecule has 0 fully saturated rings. The second-order valence-electron chi connectivity index (χ2n) is 12.5. The first-order valence-electron chi connectivity index (χ1n) is 15.7. The van der Waals surface area contributed by atoms with Crippen LogP contribution in [0.4, 0.5) is 0 Å². The molecule has 0 radical (unpaired) electrons.